The van der Waals surface area contributed by atoms with Gasteiger partial charge in [-0.3, -0.25) is 0 Å². The first kappa shape index (κ1) is 18.4. The van der Waals surface area contributed by atoms with Crippen molar-refractivity contribution in [1.82, 2.24) is 0 Å². The van der Waals surface area contributed by atoms with Crippen molar-refractivity contribution < 1.29 is 32.2 Å². The molecule has 2 rings (SSSR count). The molecule has 0 spiro atoms. The number of benzene rings is 1. The highest BCUT2D eigenvalue weighted by Crippen LogP contribution is 2.42. The van der Waals surface area contributed by atoms with Gasteiger partial charge < -0.3 is 14.8 Å². The molecular weight excluding hydrogens is 374 g/mol. The number of anilines is 1. The Morgan fingerprint density at radius 3 is 2.17 bits per heavy atom. The largest absolute Gasteiger partial charge is 0.419 e. The van der Waals surface area contributed by atoms with E-state index in [1.54, 1.807) is 0 Å². The van der Waals surface area contributed by atoms with Crippen LogP contribution in [0.2, 0.25) is 10.0 Å². The van der Waals surface area contributed by atoms with E-state index in [2.05, 4.69) is 5.32 Å². The highest BCUT2D eigenvalue weighted by Gasteiger charge is 2.39. The molecule has 5 nitrogen and oxygen atoms in total. The number of hydrogen-bond acceptors (Lipinski definition) is 5. The quantitative estimate of drug-likeness (QED) is 0.472. The predicted octanol–water partition coefficient (Wildman–Crippen LogP) is 4.14. The van der Waals surface area contributed by atoms with Gasteiger partial charge in [0, 0.05) is 20.0 Å². The maximum Gasteiger partial charge on any atom is 0.419 e. The van der Waals surface area contributed by atoms with E-state index >= 15 is 0 Å². The van der Waals surface area contributed by atoms with Gasteiger partial charge in [-0.15, -0.1) is 0 Å². The summed E-state index contributed by atoms with van der Waals surface area (Å²) < 4.78 is 48.5. The van der Waals surface area contributed by atoms with E-state index in [1.807, 2.05) is 0 Å². The number of carbonyl (C=O) groups excluding carboxylic acids is 2. The molecule has 1 heterocycles. The number of alkyl halides is 3. The highest BCUT2D eigenvalue weighted by atomic mass is 35.5. The number of nitrogens with one attached hydrogen (secondary N) is 1. The molecule has 130 valence electrons. The van der Waals surface area contributed by atoms with Gasteiger partial charge in [0.15, 0.2) is 5.57 Å². The number of ether oxygens (including phenoxy) is 2. The Morgan fingerprint density at radius 2 is 1.67 bits per heavy atom. The Kier molecular flexibility index (Phi) is 4.74. The Bertz CT molecular complexity index is 722. The molecule has 24 heavy (non-hydrogen) atoms. The lowest BCUT2D eigenvalue weighted by molar-refractivity contribution is -0.222. The third kappa shape index (κ3) is 3.76. The summed E-state index contributed by atoms with van der Waals surface area (Å²) in [5, 5.41) is 1.07. The number of halogens is 5. The number of cyclic esters (lactones) is 2. The molecule has 0 unspecified atom stereocenters. The Morgan fingerprint density at radius 1 is 1.12 bits per heavy atom. The van der Waals surface area contributed by atoms with Crippen molar-refractivity contribution in [2.24, 2.45) is 0 Å². The zero-order valence-corrected chi connectivity index (χ0v) is 13.8. The maximum absolute atomic E-state index is 12.9. The minimum atomic E-state index is -4.77. The van der Waals surface area contributed by atoms with Crippen LogP contribution in [0.25, 0.3) is 0 Å². The van der Waals surface area contributed by atoms with Gasteiger partial charge in [0.2, 0.25) is 0 Å². The summed E-state index contributed by atoms with van der Waals surface area (Å²) in [6.07, 6.45) is -3.92. The van der Waals surface area contributed by atoms with Crippen molar-refractivity contribution in [2.75, 3.05) is 5.32 Å². The van der Waals surface area contributed by atoms with Gasteiger partial charge in [0.25, 0.3) is 5.79 Å². The van der Waals surface area contributed by atoms with Crippen molar-refractivity contribution in [3.8, 4) is 0 Å². The number of carbonyl (C=O) groups is 2. The number of esters is 2. The molecule has 1 aromatic rings. The normalized spacial score (nSPS) is 17.2. The van der Waals surface area contributed by atoms with Crippen LogP contribution in [-0.4, -0.2) is 17.7 Å². The lowest BCUT2D eigenvalue weighted by Gasteiger charge is -2.29. The van der Waals surface area contributed by atoms with Gasteiger partial charge in [-0.1, -0.05) is 23.2 Å². The predicted molar refractivity (Wildman–Crippen MR) is 79.4 cm³/mol. The Hall–Kier alpha value is -1.93. The standard InChI is InChI=1S/C14H10Cl2F3NO4/c1-13(2)23-11(21)6(12(22)24-13)5-20-8-4-3-7(15)9(10(8)16)14(17,18)19/h3-5,20H,1-2H3. The monoisotopic (exact) mass is 383 g/mol. The first-order chi connectivity index (χ1) is 10.9. The summed E-state index contributed by atoms with van der Waals surface area (Å²) in [4.78, 5) is 23.5. The smallest absolute Gasteiger partial charge is 0.419 e. The van der Waals surface area contributed by atoms with E-state index < -0.39 is 45.1 Å². The molecule has 1 N–H and O–H groups in total. The lowest BCUT2D eigenvalue weighted by Crippen LogP contribution is -2.42. The summed E-state index contributed by atoms with van der Waals surface area (Å²) in [5.41, 5.74) is -1.95. The fourth-order valence-corrected chi connectivity index (χ4v) is 2.49. The summed E-state index contributed by atoms with van der Waals surface area (Å²) in [6, 6.07) is 2.15. The summed E-state index contributed by atoms with van der Waals surface area (Å²) in [7, 11) is 0. The Labute approximate surface area is 144 Å². The second-order valence-corrected chi connectivity index (χ2v) is 5.95. The van der Waals surface area contributed by atoms with Crippen molar-refractivity contribution in [1.29, 1.82) is 0 Å². The second-order valence-electron chi connectivity index (χ2n) is 5.16. The molecule has 0 bridgehead atoms. The van der Waals surface area contributed by atoms with Gasteiger partial charge in [0.05, 0.1) is 21.3 Å². The minimum Gasteiger partial charge on any atom is -0.419 e. The van der Waals surface area contributed by atoms with Crippen LogP contribution in [0.1, 0.15) is 19.4 Å². The van der Waals surface area contributed by atoms with Crippen LogP contribution in [0, 0.1) is 0 Å². The first-order valence-corrected chi connectivity index (χ1v) is 7.16. The van der Waals surface area contributed by atoms with Crippen molar-refractivity contribution in [3.63, 3.8) is 0 Å². The van der Waals surface area contributed by atoms with E-state index in [0.29, 0.717) is 0 Å². The van der Waals surface area contributed by atoms with Gasteiger partial charge in [0.1, 0.15) is 0 Å². The van der Waals surface area contributed by atoms with E-state index in [1.165, 1.54) is 19.9 Å². The topological polar surface area (TPSA) is 64.6 Å². The third-order valence-electron chi connectivity index (χ3n) is 2.86. The third-order valence-corrected chi connectivity index (χ3v) is 3.57. The molecule has 1 aromatic carbocycles. The van der Waals surface area contributed by atoms with Crippen molar-refractivity contribution in [3.05, 3.63) is 39.5 Å². The van der Waals surface area contributed by atoms with Crippen LogP contribution in [-0.2, 0) is 25.2 Å². The van der Waals surface area contributed by atoms with Crippen LogP contribution in [0.5, 0.6) is 0 Å². The van der Waals surface area contributed by atoms with Gasteiger partial charge in [-0.05, 0) is 12.1 Å². The molecule has 0 aromatic heterocycles. The van der Waals surface area contributed by atoms with Crippen LogP contribution < -0.4 is 5.32 Å². The average molecular weight is 384 g/mol. The number of rotatable bonds is 2. The van der Waals surface area contributed by atoms with Crippen LogP contribution in [0.15, 0.2) is 23.9 Å². The van der Waals surface area contributed by atoms with E-state index in [-0.39, 0.29) is 5.69 Å². The zero-order chi connectivity index (χ0) is 18.3. The van der Waals surface area contributed by atoms with Crippen molar-refractivity contribution >= 4 is 40.8 Å². The molecule has 0 aliphatic carbocycles. The lowest BCUT2D eigenvalue weighted by atomic mass is 10.2. The molecule has 0 radical (unpaired) electrons. The fourth-order valence-electron chi connectivity index (χ4n) is 1.85. The molecule has 1 aliphatic heterocycles. The molecule has 1 aliphatic rings. The average Bonchev–Trinajstić information content (AvgIpc) is 2.37. The molecule has 0 atom stereocenters. The fraction of sp³-hybridized carbons (Fsp3) is 0.286. The van der Waals surface area contributed by atoms with Crippen LogP contribution >= 0.6 is 23.2 Å². The number of hydrogen-bond donors (Lipinski definition) is 1. The van der Waals surface area contributed by atoms with E-state index in [0.717, 1.165) is 12.3 Å². The van der Waals surface area contributed by atoms with Crippen molar-refractivity contribution in [2.45, 2.75) is 25.8 Å². The highest BCUT2D eigenvalue weighted by molar-refractivity contribution is 6.38. The second kappa shape index (κ2) is 6.18. The van der Waals surface area contributed by atoms with Gasteiger partial charge in [-0.2, -0.15) is 13.2 Å². The SMILES string of the molecule is CC1(C)OC(=O)C(=CNc2ccc(Cl)c(C(F)(F)F)c2Cl)C(=O)O1. The summed E-state index contributed by atoms with van der Waals surface area (Å²) >= 11 is 11.2. The van der Waals surface area contributed by atoms with E-state index in [9.17, 15) is 22.8 Å². The molecule has 1 fully saturated rings. The maximum atomic E-state index is 12.9. The summed E-state index contributed by atoms with van der Waals surface area (Å²) in [5.74, 6) is -3.39. The zero-order valence-electron chi connectivity index (χ0n) is 12.3. The molecule has 1 saturated heterocycles. The van der Waals surface area contributed by atoms with Crippen LogP contribution in [0.4, 0.5) is 18.9 Å². The molecule has 10 heteroatoms. The molecular formula is C14H10Cl2F3NO4. The molecule has 0 saturated carbocycles. The van der Waals surface area contributed by atoms with Crippen LogP contribution in [0.3, 0.4) is 0 Å². The Balaban J connectivity index is 2.33. The minimum absolute atomic E-state index is 0.202. The first-order valence-electron chi connectivity index (χ1n) is 6.41. The van der Waals surface area contributed by atoms with Gasteiger partial charge in [-0.25, -0.2) is 9.59 Å². The molecule has 0 amide bonds. The summed E-state index contributed by atoms with van der Waals surface area (Å²) in [6.45, 7) is 2.72. The van der Waals surface area contributed by atoms with Gasteiger partial charge >= 0.3 is 18.1 Å². The van der Waals surface area contributed by atoms with E-state index in [4.69, 9.17) is 32.7 Å².